The second-order valence-electron chi connectivity index (χ2n) is 2.38. The normalized spacial score (nSPS) is 10.0. The Labute approximate surface area is 82.6 Å². The van der Waals surface area contributed by atoms with Gasteiger partial charge in [0.2, 0.25) is 0 Å². The smallest absolute Gasteiger partial charge is 0.263 e. The summed E-state index contributed by atoms with van der Waals surface area (Å²) in [6.07, 6.45) is 1.51. The number of aromatic amines is 1. The van der Waals surface area contributed by atoms with Gasteiger partial charge in [-0.05, 0) is 0 Å². The maximum atomic E-state index is 11.4. The van der Waals surface area contributed by atoms with Crippen LogP contribution in [0.25, 0.3) is 0 Å². The minimum absolute atomic E-state index is 0.183. The predicted molar refractivity (Wildman–Crippen MR) is 47.5 cm³/mol. The molecule has 0 saturated heterocycles. The van der Waals surface area contributed by atoms with Gasteiger partial charge in [-0.15, -0.1) is 21.5 Å². The van der Waals surface area contributed by atoms with Crippen LogP contribution in [0.5, 0.6) is 0 Å². The topological polar surface area (TPSA) is 96.5 Å². The number of carbonyl (C=O) groups excluding carboxylic acids is 1. The number of hydrogen-bond donors (Lipinski definition) is 2. The van der Waals surface area contributed by atoms with E-state index in [-0.39, 0.29) is 12.5 Å². The zero-order valence-electron chi connectivity index (χ0n) is 6.97. The fraction of sp³-hybridized carbons (Fsp3) is 0.167. The highest BCUT2D eigenvalue weighted by Gasteiger charge is 2.07. The van der Waals surface area contributed by atoms with Crippen molar-refractivity contribution in [1.82, 2.24) is 30.9 Å². The van der Waals surface area contributed by atoms with Crippen molar-refractivity contribution in [2.75, 3.05) is 0 Å². The number of aromatic nitrogens is 5. The van der Waals surface area contributed by atoms with E-state index in [0.717, 1.165) is 0 Å². The minimum Gasteiger partial charge on any atom is -0.344 e. The Morgan fingerprint density at radius 2 is 2.57 bits per heavy atom. The van der Waals surface area contributed by atoms with Crippen molar-refractivity contribution in [3.63, 3.8) is 0 Å². The molecule has 2 aromatic rings. The molecule has 2 rings (SSSR count). The first-order chi connectivity index (χ1) is 6.86. The summed E-state index contributed by atoms with van der Waals surface area (Å²) < 4.78 is 0. The van der Waals surface area contributed by atoms with Crippen molar-refractivity contribution < 1.29 is 4.79 Å². The molecule has 72 valence electrons. The zero-order valence-corrected chi connectivity index (χ0v) is 7.78. The molecule has 7 nitrogen and oxygen atoms in total. The van der Waals surface area contributed by atoms with Gasteiger partial charge in [-0.2, -0.15) is 5.21 Å². The van der Waals surface area contributed by atoms with Crippen LogP contribution in [0, 0.1) is 0 Å². The third kappa shape index (κ3) is 1.91. The summed E-state index contributed by atoms with van der Waals surface area (Å²) in [5.74, 6) is 0.264. The number of thiazole rings is 1. The van der Waals surface area contributed by atoms with Crippen LogP contribution >= 0.6 is 11.3 Å². The molecule has 0 saturated carbocycles. The zero-order chi connectivity index (χ0) is 9.80. The molecule has 1 amide bonds. The van der Waals surface area contributed by atoms with Crippen LogP contribution in [0.1, 0.15) is 15.5 Å². The van der Waals surface area contributed by atoms with Crippen LogP contribution in [0.2, 0.25) is 0 Å². The van der Waals surface area contributed by atoms with Crippen molar-refractivity contribution in [3.05, 3.63) is 22.4 Å². The molecule has 0 bridgehead atoms. The van der Waals surface area contributed by atoms with Crippen LogP contribution in [0.4, 0.5) is 0 Å². The molecule has 0 unspecified atom stereocenters. The predicted octanol–water partition coefficient (Wildman–Crippen LogP) is -0.414. The highest BCUT2D eigenvalue weighted by molar-refractivity contribution is 7.11. The molecule has 2 heterocycles. The van der Waals surface area contributed by atoms with E-state index in [0.29, 0.717) is 10.7 Å². The molecule has 0 aliphatic heterocycles. The number of H-pyrrole nitrogens is 1. The molecule has 0 radical (unpaired) electrons. The molecule has 0 spiro atoms. The van der Waals surface area contributed by atoms with Gasteiger partial charge in [0, 0.05) is 0 Å². The van der Waals surface area contributed by atoms with Crippen molar-refractivity contribution in [2.24, 2.45) is 0 Å². The van der Waals surface area contributed by atoms with E-state index >= 15 is 0 Å². The molecule has 2 N–H and O–H groups in total. The van der Waals surface area contributed by atoms with Gasteiger partial charge in [0.25, 0.3) is 5.91 Å². The third-order valence-corrected chi connectivity index (χ3v) is 2.22. The summed E-state index contributed by atoms with van der Waals surface area (Å²) in [6.45, 7) is 0.257. The van der Waals surface area contributed by atoms with Gasteiger partial charge in [-0.1, -0.05) is 5.21 Å². The summed E-state index contributed by atoms with van der Waals surface area (Å²) in [5, 5.41) is 15.7. The lowest BCUT2D eigenvalue weighted by Gasteiger charge is -1.97. The average molecular weight is 210 g/mol. The lowest BCUT2D eigenvalue weighted by atomic mass is 10.5. The molecule has 8 heteroatoms. The van der Waals surface area contributed by atoms with Crippen LogP contribution in [-0.2, 0) is 6.54 Å². The molecule has 0 aliphatic carbocycles. The quantitative estimate of drug-likeness (QED) is 0.717. The van der Waals surface area contributed by atoms with Crippen molar-refractivity contribution in [1.29, 1.82) is 0 Å². The number of rotatable bonds is 3. The lowest BCUT2D eigenvalue weighted by molar-refractivity contribution is 0.0954. The maximum absolute atomic E-state index is 11.4. The van der Waals surface area contributed by atoms with Gasteiger partial charge in [-0.25, -0.2) is 0 Å². The Kier molecular flexibility index (Phi) is 2.45. The Hall–Kier alpha value is -1.83. The number of carbonyl (C=O) groups is 1. The second-order valence-corrected chi connectivity index (χ2v) is 3.26. The highest BCUT2D eigenvalue weighted by atomic mass is 32.1. The van der Waals surface area contributed by atoms with E-state index in [9.17, 15) is 4.79 Å². The highest BCUT2D eigenvalue weighted by Crippen LogP contribution is 2.04. The summed E-state index contributed by atoms with van der Waals surface area (Å²) in [6, 6.07) is 0. The summed E-state index contributed by atoms with van der Waals surface area (Å²) in [4.78, 5) is 15.7. The van der Waals surface area contributed by atoms with Crippen LogP contribution in [0.3, 0.4) is 0 Å². The van der Waals surface area contributed by atoms with Crippen molar-refractivity contribution in [3.8, 4) is 0 Å². The first kappa shape index (κ1) is 8.75. The molecular weight excluding hydrogens is 204 g/mol. The fourth-order valence-corrected chi connectivity index (χ4v) is 1.37. The number of tetrazole rings is 1. The van der Waals surface area contributed by atoms with E-state index < -0.39 is 0 Å². The van der Waals surface area contributed by atoms with E-state index in [4.69, 9.17) is 0 Å². The SMILES string of the molecule is O=C(NCc1nn[nH]n1)c1cncs1. The summed E-state index contributed by atoms with van der Waals surface area (Å²) >= 11 is 1.28. The third-order valence-electron chi connectivity index (χ3n) is 1.45. The standard InChI is InChI=1S/C6H6N6OS/c13-6(4-1-7-3-14-4)8-2-5-9-11-12-10-5/h1,3H,2H2,(H,8,13)(H,9,10,11,12). The maximum Gasteiger partial charge on any atom is 0.263 e. The molecule has 0 fully saturated rings. The Bertz CT molecular complexity index is 396. The van der Waals surface area contributed by atoms with Gasteiger partial charge in [0.15, 0.2) is 5.82 Å². The molecule has 0 atom stereocenters. The molecule has 14 heavy (non-hydrogen) atoms. The average Bonchev–Trinajstić information content (AvgIpc) is 2.87. The van der Waals surface area contributed by atoms with Gasteiger partial charge >= 0.3 is 0 Å². The Morgan fingerprint density at radius 3 is 3.21 bits per heavy atom. The monoisotopic (exact) mass is 210 g/mol. The number of hydrogen-bond acceptors (Lipinski definition) is 6. The van der Waals surface area contributed by atoms with Gasteiger partial charge < -0.3 is 5.32 Å². The first-order valence-electron chi connectivity index (χ1n) is 3.75. The summed E-state index contributed by atoms with van der Waals surface area (Å²) in [7, 11) is 0. The van der Waals surface area contributed by atoms with Gasteiger partial charge in [0.1, 0.15) is 4.88 Å². The number of nitrogens with one attached hydrogen (secondary N) is 2. The van der Waals surface area contributed by atoms with Gasteiger partial charge in [-0.3, -0.25) is 9.78 Å². The van der Waals surface area contributed by atoms with Crippen LogP contribution < -0.4 is 5.32 Å². The molecule has 2 aromatic heterocycles. The minimum atomic E-state index is -0.183. The number of amides is 1. The van der Waals surface area contributed by atoms with E-state index in [1.165, 1.54) is 17.5 Å². The summed E-state index contributed by atoms with van der Waals surface area (Å²) in [5.41, 5.74) is 1.60. The molecule has 0 aliphatic rings. The number of nitrogens with zero attached hydrogens (tertiary/aromatic N) is 4. The second kappa shape index (κ2) is 3.92. The van der Waals surface area contributed by atoms with Crippen molar-refractivity contribution in [2.45, 2.75) is 6.54 Å². The van der Waals surface area contributed by atoms with E-state index in [1.807, 2.05) is 0 Å². The van der Waals surface area contributed by atoms with E-state index in [2.05, 4.69) is 30.9 Å². The van der Waals surface area contributed by atoms with Crippen LogP contribution in [0.15, 0.2) is 11.7 Å². The molecular formula is C6H6N6OS. The van der Waals surface area contributed by atoms with E-state index in [1.54, 1.807) is 5.51 Å². The van der Waals surface area contributed by atoms with Gasteiger partial charge in [0.05, 0.1) is 18.3 Å². The molecule has 0 aromatic carbocycles. The van der Waals surface area contributed by atoms with Crippen LogP contribution in [-0.4, -0.2) is 31.5 Å². The lowest BCUT2D eigenvalue weighted by Crippen LogP contribution is -2.22. The Balaban J connectivity index is 1.90. The largest absolute Gasteiger partial charge is 0.344 e. The Morgan fingerprint density at radius 1 is 1.64 bits per heavy atom. The fourth-order valence-electron chi connectivity index (χ4n) is 0.832. The first-order valence-corrected chi connectivity index (χ1v) is 4.63. The van der Waals surface area contributed by atoms with Crippen molar-refractivity contribution >= 4 is 17.2 Å².